The Labute approximate surface area is 309 Å². The predicted molar refractivity (Wildman–Crippen MR) is 192 cm³/mol. The van der Waals surface area contributed by atoms with Crippen LogP contribution in [0.4, 0.5) is 10.5 Å². The number of aromatic hydroxyl groups is 1. The van der Waals surface area contributed by atoms with E-state index in [2.05, 4.69) is 0 Å². The SMILES string of the molecule is CN(C)c1cc(CN(CC(C)(C)C)C(=O)OCOC(=O)C2CCCCC2)c(O)c2c1C[C@H]1C[C@H]3[C@H](N(C)C)C(O)=C(C(N)=O)C(=O)[C@@]3(O)C(O)=C1C2=O. The van der Waals surface area contributed by atoms with Gasteiger partial charge in [-0.15, -0.1) is 0 Å². The number of ketones is 2. The quantitative estimate of drug-likeness (QED) is 0.140. The Kier molecular flexibility index (Phi) is 10.9. The average Bonchev–Trinajstić information content (AvgIpc) is 3.06. The zero-order valence-electron chi connectivity index (χ0n) is 31.5. The fourth-order valence-electron chi connectivity index (χ4n) is 8.52. The first-order valence-corrected chi connectivity index (χ1v) is 18.0. The number of phenols is 1. The van der Waals surface area contributed by atoms with E-state index in [-0.39, 0.29) is 48.5 Å². The summed E-state index contributed by atoms with van der Waals surface area (Å²) in [6, 6.07) is 0.565. The van der Waals surface area contributed by atoms with Gasteiger partial charge >= 0.3 is 12.1 Å². The van der Waals surface area contributed by atoms with Crippen LogP contribution in [0.15, 0.2) is 28.7 Å². The average molecular weight is 741 g/mol. The molecule has 6 N–H and O–H groups in total. The number of likely N-dealkylation sites (N-methyl/N-ethyl adjacent to an activating group) is 1. The number of phenolic OH excluding ortho intramolecular Hbond substituents is 1. The van der Waals surface area contributed by atoms with Gasteiger partial charge in [0.05, 0.1) is 24.1 Å². The first kappa shape index (κ1) is 39.6. The van der Waals surface area contributed by atoms with Crippen LogP contribution in [0.2, 0.25) is 0 Å². The molecule has 4 aliphatic carbocycles. The van der Waals surface area contributed by atoms with E-state index < -0.39 is 88.1 Å². The number of anilines is 1. The molecule has 0 radical (unpaired) electrons. The third-order valence-electron chi connectivity index (χ3n) is 10.9. The van der Waals surface area contributed by atoms with Gasteiger partial charge in [-0.2, -0.15) is 0 Å². The maximum atomic E-state index is 14.5. The Morgan fingerprint density at radius 2 is 1.64 bits per heavy atom. The van der Waals surface area contributed by atoms with Gasteiger partial charge in [-0.1, -0.05) is 40.0 Å². The number of rotatable bonds is 9. The third kappa shape index (κ3) is 7.20. The second-order valence-corrected chi connectivity index (χ2v) is 16.4. The molecule has 1 saturated carbocycles. The highest BCUT2D eigenvalue weighted by Gasteiger charge is 2.63. The van der Waals surface area contributed by atoms with Crippen LogP contribution in [0.5, 0.6) is 5.75 Å². The molecule has 1 aromatic carbocycles. The number of aliphatic hydroxyl groups is 3. The molecule has 1 fully saturated rings. The first-order valence-electron chi connectivity index (χ1n) is 18.0. The minimum Gasteiger partial charge on any atom is -0.510 e. The van der Waals surface area contributed by atoms with Crippen molar-refractivity contribution in [3.8, 4) is 5.75 Å². The molecule has 53 heavy (non-hydrogen) atoms. The Morgan fingerprint density at radius 3 is 2.21 bits per heavy atom. The summed E-state index contributed by atoms with van der Waals surface area (Å²) in [5, 5.41) is 46.5. The molecule has 2 amide bonds. The molecule has 0 aromatic heterocycles. The van der Waals surface area contributed by atoms with Crippen molar-refractivity contribution in [1.29, 1.82) is 0 Å². The number of ether oxygens (including phenoxy) is 2. The maximum Gasteiger partial charge on any atom is 0.412 e. The monoisotopic (exact) mass is 740 g/mol. The van der Waals surface area contributed by atoms with Gasteiger partial charge in [0.1, 0.15) is 22.8 Å². The van der Waals surface area contributed by atoms with Crippen LogP contribution < -0.4 is 10.6 Å². The van der Waals surface area contributed by atoms with Gasteiger partial charge in [-0.05, 0) is 62.7 Å². The number of nitrogens with zero attached hydrogens (tertiary/aromatic N) is 3. The second-order valence-electron chi connectivity index (χ2n) is 16.4. The number of hydrogen-bond donors (Lipinski definition) is 5. The van der Waals surface area contributed by atoms with Gasteiger partial charge in [-0.3, -0.25) is 24.1 Å². The lowest BCUT2D eigenvalue weighted by Crippen LogP contribution is -2.63. The van der Waals surface area contributed by atoms with Gasteiger partial charge in [0.15, 0.2) is 11.4 Å². The molecule has 5 rings (SSSR count). The number of esters is 1. The van der Waals surface area contributed by atoms with E-state index in [1.54, 1.807) is 39.2 Å². The molecule has 0 aliphatic heterocycles. The molecule has 0 saturated heterocycles. The molecule has 4 aliphatic rings. The van der Waals surface area contributed by atoms with E-state index in [1.165, 1.54) is 9.80 Å². The van der Waals surface area contributed by atoms with Gasteiger partial charge in [0, 0.05) is 43.4 Å². The largest absolute Gasteiger partial charge is 0.510 e. The minimum absolute atomic E-state index is 0.0440. The van der Waals surface area contributed by atoms with Crippen molar-refractivity contribution < 1.29 is 53.9 Å². The lowest BCUT2D eigenvalue weighted by molar-refractivity contribution is -0.158. The van der Waals surface area contributed by atoms with Crippen molar-refractivity contribution >= 4 is 35.2 Å². The zero-order chi connectivity index (χ0) is 39.3. The molecule has 0 bridgehead atoms. The Balaban J connectivity index is 1.52. The molecule has 0 spiro atoms. The van der Waals surface area contributed by atoms with Crippen molar-refractivity contribution in [2.24, 2.45) is 28.9 Å². The summed E-state index contributed by atoms with van der Waals surface area (Å²) in [6.07, 6.45) is 3.65. The summed E-state index contributed by atoms with van der Waals surface area (Å²) < 4.78 is 10.7. The van der Waals surface area contributed by atoms with Gasteiger partial charge in [0.25, 0.3) is 5.91 Å². The number of allylic oxidation sites excluding steroid dienone is 1. The fourth-order valence-corrected chi connectivity index (χ4v) is 8.52. The second kappa shape index (κ2) is 14.7. The third-order valence-corrected chi connectivity index (χ3v) is 10.9. The summed E-state index contributed by atoms with van der Waals surface area (Å²) >= 11 is 0. The normalized spacial score (nSPS) is 24.7. The van der Waals surface area contributed by atoms with Crippen LogP contribution in [0.25, 0.3) is 0 Å². The van der Waals surface area contributed by atoms with Crippen LogP contribution in [-0.2, 0) is 36.8 Å². The summed E-state index contributed by atoms with van der Waals surface area (Å²) in [4.78, 5) is 71.1. The topological polar surface area (TPSA) is 220 Å². The van der Waals surface area contributed by atoms with Crippen LogP contribution >= 0.6 is 0 Å². The van der Waals surface area contributed by atoms with E-state index in [0.29, 0.717) is 11.3 Å². The number of aliphatic hydroxyl groups excluding tert-OH is 2. The highest BCUT2D eigenvalue weighted by Crippen LogP contribution is 2.53. The Hall–Kier alpha value is -4.63. The predicted octanol–water partition coefficient (Wildman–Crippen LogP) is 3.25. The van der Waals surface area contributed by atoms with E-state index in [9.17, 15) is 44.4 Å². The number of amides is 2. The summed E-state index contributed by atoms with van der Waals surface area (Å²) in [5.74, 6) is -8.06. The number of carbonyl (C=O) groups is 5. The van der Waals surface area contributed by atoms with Gasteiger partial charge in [-0.25, -0.2) is 4.79 Å². The summed E-state index contributed by atoms with van der Waals surface area (Å²) in [7, 11) is 6.64. The number of Topliss-reactive ketones (excluding diaryl/α,β-unsaturated/α-hetero) is 2. The van der Waals surface area contributed by atoms with Crippen molar-refractivity contribution in [2.45, 2.75) is 83.9 Å². The smallest absolute Gasteiger partial charge is 0.412 e. The molecule has 0 heterocycles. The highest BCUT2D eigenvalue weighted by atomic mass is 16.7. The lowest BCUT2D eigenvalue weighted by Gasteiger charge is -2.50. The van der Waals surface area contributed by atoms with Gasteiger partial charge in [0.2, 0.25) is 12.6 Å². The van der Waals surface area contributed by atoms with E-state index >= 15 is 0 Å². The van der Waals surface area contributed by atoms with E-state index in [4.69, 9.17) is 15.2 Å². The first-order chi connectivity index (χ1) is 24.7. The zero-order valence-corrected chi connectivity index (χ0v) is 31.5. The van der Waals surface area contributed by atoms with Crippen molar-refractivity contribution in [3.05, 3.63) is 45.4 Å². The molecule has 290 valence electrons. The number of fused-ring (bicyclic) bond motifs is 3. The molecule has 1 aromatic rings. The van der Waals surface area contributed by atoms with Crippen molar-refractivity contribution in [2.75, 3.05) is 46.4 Å². The fraction of sp³-hybridized carbons (Fsp3) is 0.605. The molecular weight excluding hydrogens is 688 g/mol. The summed E-state index contributed by atoms with van der Waals surface area (Å²) in [5.41, 5.74) is 2.08. The molecule has 0 unspecified atom stereocenters. The Bertz CT molecular complexity index is 1770. The highest BCUT2D eigenvalue weighted by molar-refractivity contribution is 6.25. The van der Waals surface area contributed by atoms with Crippen molar-refractivity contribution in [3.63, 3.8) is 0 Å². The molecule has 15 heteroatoms. The number of hydrogen-bond acceptors (Lipinski definition) is 13. The summed E-state index contributed by atoms with van der Waals surface area (Å²) in [6.45, 7) is 5.07. The molecular formula is C38H52N4O11. The van der Waals surface area contributed by atoms with Crippen LogP contribution in [-0.4, -0.2) is 113 Å². The van der Waals surface area contributed by atoms with Gasteiger partial charge < -0.3 is 45.4 Å². The minimum atomic E-state index is -2.77. The van der Waals surface area contributed by atoms with Crippen LogP contribution in [0.1, 0.15) is 80.8 Å². The molecule has 4 atom stereocenters. The number of nitrogens with two attached hydrogens (primary N) is 1. The number of primary amides is 1. The standard InChI is InChI=1S/C38H52N4O11/c1-37(2,3)17-42(36(50)53-18-52-35(49)19-11-9-8-10-12-19)16-21-15-24(40(4)5)22-13-20-14-23-28(41(6)7)31(45)27(34(39)48)33(47)38(23,51)32(46)25(20)30(44)26(22)29(21)43/h15,19-20,23,28,43,45-46,51H,8-14,16-18H2,1-7H3,(H2,39,48)/t20-,23-,28-,38-/m0/s1. The Morgan fingerprint density at radius 1 is 1.00 bits per heavy atom. The molecule has 15 nitrogen and oxygen atoms in total. The van der Waals surface area contributed by atoms with Crippen molar-refractivity contribution in [1.82, 2.24) is 9.80 Å². The lowest BCUT2D eigenvalue weighted by atomic mass is 9.58. The van der Waals surface area contributed by atoms with E-state index in [1.807, 2.05) is 20.8 Å². The van der Waals surface area contributed by atoms with Crippen LogP contribution in [0.3, 0.4) is 0 Å². The maximum absolute atomic E-state index is 14.5. The number of carbonyl (C=O) groups excluding carboxylic acids is 5. The van der Waals surface area contributed by atoms with E-state index in [0.717, 1.165) is 32.1 Å². The van der Waals surface area contributed by atoms with Crippen LogP contribution in [0, 0.1) is 23.2 Å². The number of benzene rings is 1.